The van der Waals surface area contributed by atoms with Crippen LogP contribution in [0.5, 0.6) is 0 Å². The molecule has 1 saturated carbocycles. The molecule has 5 heteroatoms. The molecule has 116 valence electrons. The zero-order valence-electron chi connectivity index (χ0n) is 12.9. The molecule has 1 fully saturated rings. The molecule has 1 amide bonds. The molecule has 0 bridgehead atoms. The maximum absolute atomic E-state index is 12.1. The summed E-state index contributed by atoms with van der Waals surface area (Å²) in [4.78, 5) is 13.0. The molecule has 1 aliphatic rings. The van der Waals surface area contributed by atoms with Gasteiger partial charge in [-0.25, -0.2) is 5.43 Å². The number of carbonyl (C=O) groups is 1. The van der Waals surface area contributed by atoms with Crippen LogP contribution in [0.25, 0.3) is 0 Å². The molecule has 0 atom stereocenters. The van der Waals surface area contributed by atoms with Gasteiger partial charge in [-0.15, -0.1) is 11.3 Å². The maximum Gasteiger partial charge on any atom is 0.243 e. The van der Waals surface area contributed by atoms with E-state index in [2.05, 4.69) is 31.3 Å². The Morgan fingerprint density at radius 1 is 1.33 bits per heavy atom. The molecular formula is C16H23ClN2OS. The van der Waals surface area contributed by atoms with Crippen LogP contribution in [0.3, 0.4) is 0 Å². The lowest BCUT2D eigenvalue weighted by atomic mass is 9.70. The number of hydrogen-bond acceptors (Lipinski definition) is 3. The highest BCUT2D eigenvalue weighted by Gasteiger charge is 2.32. The van der Waals surface area contributed by atoms with E-state index in [1.807, 2.05) is 12.1 Å². The van der Waals surface area contributed by atoms with Crippen molar-refractivity contribution in [2.24, 2.45) is 22.4 Å². The Kier molecular flexibility index (Phi) is 5.44. The van der Waals surface area contributed by atoms with Crippen LogP contribution in [0.2, 0.25) is 4.34 Å². The summed E-state index contributed by atoms with van der Waals surface area (Å²) < 4.78 is 0.725. The topological polar surface area (TPSA) is 41.5 Å². The van der Waals surface area contributed by atoms with E-state index in [9.17, 15) is 4.79 Å². The van der Waals surface area contributed by atoms with E-state index in [1.165, 1.54) is 11.3 Å². The highest BCUT2D eigenvalue weighted by molar-refractivity contribution is 7.17. The fourth-order valence-electron chi connectivity index (χ4n) is 2.87. The van der Waals surface area contributed by atoms with Crippen molar-refractivity contribution in [3.8, 4) is 0 Å². The predicted octanol–water partition coefficient (Wildman–Crippen LogP) is 4.70. The van der Waals surface area contributed by atoms with Crippen LogP contribution >= 0.6 is 22.9 Å². The number of carbonyl (C=O) groups excluding carboxylic acids is 1. The number of hydrazone groups is 1. The summed E-state index contributed by atoms with van der Waals surface area (Å²) in [5.74, 6) is 0.868. The smallest absolute Gasteiger partial charge is 0.243 e. The Bertz CT molecular complexity index is 511. The Labute approximate surface area is 135 Å². The molecule has 0 aromatic carbocycles. The molecule has 3 nitrogen and oxygen atoms in total. The third-order valence-electron chi connectivity index (χ3n) is 4.28. The summed E-state index contributed by atoms with van der Waals surface area (Å²) in [6.45, 7) is 6.86. The fourth-order valence-corrected chi connectivity index (χ4v) is 3.80. The van der Waals surface area contributed by atoms with Gasteiger partial charge in [-0.2, -0.15) is 5.10 Å². The lowest BCUT2D eigenvalue weighted by molar-refractivity contribution is -0.126. The van der Waals surface area contributed by atoms with E-state index in [1.54, 1.807) is 6.21 Å². The highest BCUT2D eigenvalue weighted by atomic mass is 35.5. The lowest BCUT2D eigenvalue weighted by Crippen LogP contribution is -2.33. The maximum atomic E-state index is 12.1. The van der Waals surface area contributed by atoms with Gasteiger partial charge in [0, 0.05) is 10.8 Å². The first kappa shape index (κ1) is 16.5. The second kappa shape index (κ2) is 6.93. The molecule has 1 N–H and O–H groups in total. The number of thiophene rings is 1. The van der Waals surface area contributed by atoms with Gasteiger partial charge in [0.1, 0.15) is 0 Å². The number of rotatable bonds is 3. The Balaban J connectivity index is 1.79. The molecular weight excluding hydrogens is 304 g/mol. The van der Waals surface area contributed by atoms with Gasteiger partial charge in [-0.3, -0.25) is 4.79 Å². The number of halogens is 1. The second-order valence-electron chi connectivity index (χ2n) is 6.79. The normalized spacial score (nSPS) is 23.4. The van der Waals surface area contributed by atoms with Gasteiger partial charge < -0.3 is 0 Å². The first-order valence-corrected chi connectivity index (χ1v) is 8.64. The van der Waals surface area contributed by atoms with E-state index < -0.39 is 0 Å². The first-order valence-electron chi connectivity index (χ1n) is 7.44. The number of amides is 1. The average Bonchev–Trinajstić information content (AvgIpc) is 2.83. The summed E-state index contributed by atoms with van der Waals surface area (Å²) in [7, 11) is 0. The third-order valence-corrected chi connectivity index (χ3v) is 5.45. The minimum absolute atomic E-state index is 0.0428. The summed E-state index contributed by atoms with van der Waals surface area (Å²) in [5.41, 5.74) is 3.00. The van der Waals surface area contributed by atoms with Crippen molar-refractivity contribution < 1.29 is 4.79 Å². The van der Waals surface area contributed by atoms with E-state index in [0.717, 1.165) is 40.8 Å². The van der Waals surface area contributed by atoms with E-state index >= 15 is 0 Å². The summed E-state index contributed by atoms with van der Waals surface area (Å²) >= 11 is 7.29. The quantitative estimate of drug-likeness (QED) is 0.634. The minimum Gasteiger partial charge on any atom is -0.273 e. The molecule has 0 saturated heterocycles. The fraction of sp³-hybridized carbons (Fsp3) is 0.625. The van der Waals surface area contributed by atoms with Gasteiger partial charge >= 0.3 is 0 Å². The van der Waals surface area contributed by atoms with Crippen LogP contribution < -0.4 is 5.43 Å². The van der Waals surface area contributed by atoms with Crippen LogP contribution in [-0.4, -0.2) is 12.1 Å². The molecule has 0 unspecified atom stereocenters. The van der Waals surface area contributed by atoms with Crippen molar-refractivity contribution in [2.75, 3.05) is 0 Å². The molecule has 1 aliphatic carbocycles. The van der Waals surface area contributed by atoms with Gasteiger partial charge in [0.25, 0.3) is 0 Å². The zero-order valence-corrected chi connectivity index (χ0v) is 14.4. The van der Waals surface area contributed by atoms with Crippen molar-refractivity contribution >= 4 is 35.1 Å². The Morgan fingerprint density at radius 2 is 2.00 bits per heavy atom. The van der Waals surface area contributed by atoms with Gasteiger partial charge in [0.05, 0.1) is 10.6 Å². The summed E-state index contributed by atoms with van der Waals surface area (Å²) in [6.07, 6.45) is 5.84. The minimum atomic E-state index is 0.0428. The van der Waals surface area contributed by atoms with E-state index in [-0.39, 0.29) is 11.8 Å². The van der Waals surface area contributed by atoms with E-state index in [4.69, 9.17) is 11.6 Å². The summed E-state index contributed by atoms with van der Waals surface area (Å²) in [5, 5.41) is 4.03. The molecule has 21 heavy (non-hydrogen) atoms. The van der Waals surface area contributed by atoms with Crippen molar-refractivity contribution in [1.82, 2.24) is 5.43 Å². The van der Waals surface area contributed by atoms with E-state index in [0.29, 0.717) is 5.41 Å². The largest absolute Gasteiger partial charge is 0.273 e. The first-order chi connectivity index (χ1) is 9.86. The van der Waals surface area contributed by atoms with Gasteiger partial charge in [-0.05, 0) is 49.1 Å². The van der Waals surface area contributed by atoms with Crippen LogP contribution in [0.4, 0.5) is 0 Å². The molecule has 0 spiro atoms. The zero-order chi connectivity index (χ0) is 15.5. The van der Waals surface area contributed by atoms with Gasteiger partial charge in [0.15, 0.2) is 0 Å². The van der Waals surface area contributed by atoms with Crippen molar-refractivity contribution in [3.05, 3.63) is 21.3 Å². The number of nitrogens with one attached hydrogen (secondary N) is 1. The second-order valence-corrected chi connectivity index (χ2v) is 8.54. The van der Waals surface area contributed by atoms with Gasteiger partial charge in [0.2, 0.25) is 5.91 Å². The number of nitrogens with zero attached hydrogens (tertiary/aromatic N) is 1. The Hall–Kier alpha value is -0.870. The highest BCUT2D eigenvalue weighted by Crippen LogP contribution is 2.39. The standard InChI is InChI=1S/C16H23ClN2OS/c1-16(2,3)12-6-4-11(5-7-12)15(20)19-18-10-13-8-9-14(17)21-13/h8-12H,4-7H2,1-3H3,(H,19,20). The predicted molar refractivity (Wildman–Crippen MR) is 90.0 cm³/mol. The number of hydrogen-bond donors (Lipinski definition) is 1. The lowest BCUT2D eigenvalue weighted by Gasteiger charge is -2.36. The Morgan fingerprint density at radius 3 is 2.52 bits per heavy atom. The molecule has 1 aromatic rings. The van der Waals surface area contributed by atoms with Crippen molar-refractivity contribution in [3.63, 3.8) is 0 Å². The van der Waals surface area contributed by atoms with Crippen molar-refractivity contribution in [1.29, 1.82) is 0 Å². The molecule has 1 aromatic heterocycles. The SMILES string of the molecule is CC(C)(C)C1CCC(C(=O)NN=Cc2ccc(Cl)s2)CC1. The molecule has 1 heterocycles. The van der Waals surface area contributed by atoms with Crippen molar-refractivity contribution in [2.45, 2.75) is 46.5 Å². The van der Waals surface area contributed by atoms with Crippen LogP contribution in [-0.2, 0) is 4.79 Å². The van der Waals surface area contributed by atoms with Gasteiger partial charge in [-0.1, -0.05) is 32.4 Å². The molecule has 0 aliphatic heterocycles. The third kappa shape index (κ3) is 4.82. The summed E-state index contributed by atoms with van der Waals surface area (Å²) in [6, 6.07) is 3.71. The monoisotopic (exact) mass is 326 g/mol. The van der Waals surface area contributed by atoms with Crippen LogP contribution in [0, 0.1) is 17.3 Å². The molecule has 0 radical (unpaired) electrons. The van der Waals surface area contributed by atoms with Crippen LogP contribution in [0.1, 0.15) is 51.3 Å². The van der Waals surface area contributed by atoms with Crippen LogP contribution in [0.15, 0.2) is 17.2 Å². The average molecular weight is 327 g/mol. The molecule has 2 rings (SSSR count).